The first kappa shape index (κ1) is 13.3. The molecule has 0 aliphatic rings. The molecule has 1 N–H and O–H groups in total. The summed E-state index contributed by atoms with van der Waals surface area (Å²) in [5.74, 6) is 1.14. The fraction of sp³-hybridized carbons (Fsp3) is 0.500. The van der Waals surface area contributed by atoms with Gasteiger partial charge in [-0.2, -0.15) is 0 Å². The highest BCUT2D eigenvalue weighted by atomic mass is 32.1. The largest absolute Gasteiger partial charge is 0.338 e. The van der Waals surface area contributed by atoms with Crippen molar-refractivity contribution < 1.29 is 0 Å². The number of nitrogens with zero attached hydrogens (tertiary/aromatic N) is 2. The summed E-state index contributed by atoms with van der Waals surface area (Å²) in [6, 6.07) is 2.57. The number of aromatic nitrogens is 2. The summed E-state index contributed by atoms with van der Waals surface area (Å²) < 4.78 is 2.10. The number of imidazole rings is 1. The van der Waals surface area contributed by atoms with Gasteiger partial charge in [-0.1, -0.05) is 6.92 Å². The van der Waals surface area contributed by atoms with E-state index in [-0.39, 0.29) is 0 Å². The van der Waals surface area contributed by atoms with Crippen LogP contribution in [-0.2, 0) is 13.5 Å². The van der Waals surface area contributed by atoms with Crippen LogP contribution in [0.15, 0.2) is 23.8 Å². The van der Waals surface area contributed by atoms with E-state index in [9.17, 15) is 0 Å². The molecule has 0 saturated heterocycles. The van der Waals surface area contributed by atoms with Crippen LogP contribution in [0.3, 0.4) is 0 Å². The van der Waals surface area contributed by atoms with Gasteiger partial charge < -0.3 is 9.88 Å². The Hall–Kier alpha value is -1.13. The minimum absolute atomic E-state index is 0.381. The van der Waals surface area contributed by atoms with Crippen LogP contribution in [0.5, 0.6) is 0 Å². The monoisotopic (exact) mass is 263 g/mol. The number of aryl methyl sites for hydroxylation is 2. The lowest BCUT2D eigenvalue weighted by molar-refractivity contribution is 0.517. The van der Waals surface area contributed by atoms with Crippen molar-refractivity contribution in [2.75, 3.05) is 6.54 Å². The zero-order valence-electron chi connectivity index (χ0n) is 11.3. The summed E-state index contributed by atoms with van der Waals surface area (Å²) in [6.45, 7) is 5.43. The van der Waals surface area contributed by atoms with Crippen LogP contribution in [-0.4, -0.2) is 16.1 Å². The molecule has 0 saturated carbocycles. The Morgan fingerprint density at radius 3 is 2.89 bits per heavy atom. The molecular weight excluding hydrogens is 242 g/mol. The summed E-state index contributed by atoms with van der Waals surface area (Å²) in [5, 5.41) is 5.81. The van der Waals surface area contributed by atoms with Gasteiger partial charge in [-0.25, -0.2) is 4.98 Å². The van der Waals surface area contributed by atoms with Crippen molar-refractivity contribution in [1.82, 2.24) is 14.9 Å². The Bertz CT molecular complexity index is 487. The summed E-state index contributed by atoms with van der Waals surface area (Å²) in [7, 11) is 2.06. The Kier molecular flexibility index (Phi) is 4.55. The highest BCUT2D eigenvalue weighted by Crippen LogP contribution is 2.26. The molecule has 2 heterocycles. The van der Waals surface area contributed by atoms with E-state index in [1.54, 1.807) is 0 Å². The number of thiophene rings is 1. The molecule has 2 rings (SSSR count). The second-order valence-corrected chi connectivity index (χ2v) is 5.58. The van der Waals surface area contributed by atoms with E-state index >= 15 is 0 Å². The fourth-order valence-corrected chi connectivity index (χ4v) is 3.10. The van der Waals surface area contributed by atoms with E-state index in [1.165, 1.54) is 10.4 Å². The Balaban J connectivity index is 2.15. The Morgan fingerprint density at radius 1 is 1.50 bits per heavy atom. The standard InChI is InChI=1S/C14H21N3S/c1-4-6-15-12(14-11(2)5-9-18-14)10-13-16-7-8-17(13)3/h5,7-9,12,15H,4,6,10H2,1-3H3. The Morgan fingerprint density at radius 2 is 2.33 bits per heavy atom. The summed E-state index contributed by atoms with van der Waals surface area (Å²) >= 11 is 1.84. The first-order valence-corrected chi connectivity index (χ1v) is 7.34. The molecule has 0 bridgehead atoms. The van der Waals surface area contributed by atoms with E-state index < -0.39 is 0 Å². The molecule has 2 aromatic rings. The van der Waals surface area contributed by atoms with Crippen LogP contribution < -0.4 is 5.32 Å². The van der Waals surface area contributed by atoms with Crippen molar-refractivity contribution >= 4 is 11.3 Å². The predicted octanol–water partition coefficient (Wildman–Crippen LogP) is 3.07. The lowest BCUT2D eigenvalue weighted by Gasteiger charge is -2.18. The molecule has 18 heavy (non-hydrogen) atoms. The van der Waals surface area contributed by atoms with Gasteiger partial charge in [0.05, 0.1) is 0 Å². The van der Waals surface area contributed by atoms with Crippen molar-refractivity contribution in [3.05, 3.63) is 40.1 Å². The van der Waals surface area contributed by atoms with Crippen LogP contribution in [0.25, 0.3) is 0 Å². The van der Waals surface area contributed by atoms with Gasteiger partial charge in [-0.05, 0) is 36.9 Å². The van der Waals surface area contributed by atoms with Crippen molar-refractivity contribution in [1.29, 1.82) is 0 Å². The van der Waals surface area contributed by atoms with Gasteiger partial charge in [-0.3, -0.25) is 0 Å². The third-order valence-electron chi connectivity index (χ3n) is 3.17. The average Bonchev–Trinajstić information content (AvgIpc) is 2.94. The lowest BCUT2D eigenvalue weighted by Crippen LogP contribution is -2.25. The van der Waals surface area contributed by atoms with E-state index in [1.807, 2.05) is 23.7 Å². The summed E-state index contributed by atoms with van der Waals surface area (Å²) in [5.41, 5.74) is 1.38. The quantitative estimate of drug-likeness (QED) is 0.868. The van der Waals surface area contributed by atoms with Crippen LogP contribution in [0.1, 0.15) is 35.7 Å². The fourth-order valence-electron chi connectivity index (χ4n) is 2.09. The summed E-state index contributed by atoms with van der Waals surface area (Å²) in [6.07, 6.45) is 5.98. The highest BCUT2D eigenvalue weighted by Gasteiger charge is 2.16. The minimum atomic E-state index is 0.381. The molecule has 0 radical (unpaired) electrons. The molecule has 1 atom stereocenters. The van der Waals surface area contributed by atoms with Gasteiger partial charge in [0.15, 0.2) is 0 Å². The maximum absolute atomic E-state index is 4.43. The number of rotatable bonds is 6. The van der Waals surface area contributed by atoms with Gasteiger partial charge >= 0.3 is 0 Å². The molecule has 0 aliphatic carbocycles. The van der Waals surface area contributed by atoms with E-state index in [2.05, 4.69) is 47.2 Å². The van der Waals surface area contributed by atoms with Crippen molar-refractivity contribution in [3.63, 3.8) is 0 Å². The molecule has 2 aromatic heterocycles. The molecule has 0 aliphatic heterocycles. The normalized spacial score (nSPS) is 12.8. The smallest absolute Gasteiger partial charge is 0.110 e. The second-order valence-electron chi connectivity index (χ2n) is 4.63. The number of hydrogen-bond donors (Lipinski definition) is 1. The third kappa shape index (κ3) is 3.00. The van der Waals surface area contributed by atoms with Crippen LogP contribution in [0.2, 0.25) is 0 Å². The van der Waals surface area contributed by atoms with Crippen LogP contribution in [0.4, 0.5) is 0 Å². The average molecular weight is 263 g/mol. The first-order valence-electron chi connectivity index (χ1n) is 6.46. The maximum Gasteiger partial charge on any atom is 0.110 e. The SMILES string of the molecule is CCCNC(Cc1nccn1C)c1sccc1C. The van der Waals surface area contributed by atoms with E-state index in [4.69, 9.17) is 0 Å². The van der Waals surface area contributed by atoms with E-state index in [0.717, 1.165) is 25.2 Å². The van der Waals surface area contributed by atoms with Crippen LogP contribution >= 0.6 is 11.3 Å². The van der Waals surface area contributed by atoms with Gasteiger partial charge in [0, 0.05) is 36.8 Å². The molecule has 0 fully saturated rings. The van der Waals surface area contributed by atoms with Crippen LogP contribution in [0, 0.1) is 6.92 Å². The van der Waals surface area contributed by atoms with Crippen molar-refractivity contribution in [2.24, 2.45) is 7.05 Å². The molecule has 0 aromatic carbocycles. The molecule has 3 nitrogen and oxygen atoms in total. The predicted molar refractivity (Wildman–Crippen MR) is 77.0 cm³/mol. The lowest BCUT2D eigenvalue weighted by atomic mass is 10.1. The summed E-state index contributed by atoms with van der Waals surface area (Å²) in [4.78, 5) is 5.87. The molecule has 4 heteroatoms. The first-order chi connectivity index (χ1) is 8.72. The van der Waals surface area contributed by atoms with Gasteiger partial charge in [0.1, 0.15) is 5.82 Å². The third-order valence-corrected chi connectivity index (χ3v) is 4.30. The number of nitrogens with one attached hydrogen (secondary N) is 1. The van der Waals surface area contributed by atoms with Gasteiger partial charge in [0.25, 0.3) is 0 Å². The topological polar surface area (TPSA) is 29.9 Å². The van der Waals surface area contributed by atoms with Crippen molar-refractivity contribution in [3.8, 4) is 0 Å². The van der Waals surface area contributed by atoms with Gasteiger partial charge in [-0.15, -0.1) is 11.3 Å². The highest BCUT2D eigenvalue weighted by molar-refractivity contribution is 7.10. The zero-order chi connectivity index (χ0) is 13.0. The zero-order valence-corrected chi connectivity index (χ0v) is 12.1. The molecule has 0 spiro atoms. The molecule has 1 unspecified atom stereocenters. The molecular formula is C14H21N3S. The van der Waals surface area contributed by atoms with Gasteiger partial charge in [0.2, 0.25) is 0 Å². The molecule has 98 valence electrons. The molecule has 0 amide bonds. The number of hydrogen-bond acceptors (Lipinski definition) is 3. The Labute approximate surface area is 113 Å². The van der Waals surface area contributed by atoms with Crippen molar-refractivity contribution in [2.45, 2.75) is 32.7 Å². The minimum Gasteiger partial charge on any atom is -0.338 e. The second kappa shape index (κ2) is 6.16. The van der Waals surface area contributed by atoms with E-state index in [0.29, 0.717) is 6.04 Å². The maximum atomic E-state index is 4.43.